The van der Waals surface area contributed by atoms with Crippen LogP contribution in [0.15, 0.2) is 60.2 Å². The third-order valence-corrected chi connectivity index (χ3v) is 6.43. The number of nitrogens with two attached hydrogens (primary N) is 1. The first-order chi connectivity index (χ1) is 14.2. The molecule has 0 amide bonds. The molecule has 1 aliphatic rings. The van der Waals surface area contributed by atoms with Crippen LogP contribution in [0.3, 0.4) is 0 Å². The third kappa shape index (κ3) is 3.93. The molecule has 0 spiro atoms. The van der Waals surface area contributed by atoms with Gasteiger partial charge in [-0.1, -0.05) is 18.2 Å². The number of benzene rings is 2. The fourth-order valence-electron chi connectivity index (χ4n) is 4.08. The second-order valence-corrected chi connectivity index (χ2v) is 8.50. The van der Waals surface area contributed by atoms with Crippen LogP contribution in [-0.2, 0) is 6.42 Å². The van der Waals surface area contributed by atoms with Crippen LogP contribution in [-0.4, -0.2) is 28.0 Å². The molecule has 1 saturated heterocycles. The van der Waals surface area contributed by atoms with E-state index < -0.39 is 0 Å². The lowest BCUT2D eigenvalue weighted by molar-refractivity contribution is 0.499. The van der Waals surface area contributed by atoms with Crippen molar-refractivity contribution >= 4 is 33.2 Å². The van der Waals surface area contributed by atoms with Crippen LogP contribution in [0.2, 0.25) is 0 Å². The Hall–Kier alpha value is -2.99. The summed E-state index contributed by atoms with van der Waals surface area (Å²) in [5.41, 5.74) is 13.4. The van der Waals surface area contributed by atoms with E-state index in [0.717, 1.165) is 55.2 Å². The zero-order chi connectivity index (χ0) is 19.6. The van der Waals surface area contributed by atoms with Gasteiger partial charge in [0.25, 0.3) is 0 Å². The zero-order valence-corrected chi connectivity index (χ0v) is 17.0. The topological polar surface area (TPSA) is 67.9 Å². The molecule has 5 rings (SSSR count). The molecule has 3 heterocycles. The number of fused-ring (bicyclic) bond motifs is 1. The summed E-state index contributed by atoms with van der Waals surface area (Å²) >= 11 is 1.68. The first kappa shape index (κ1) is 18.1. The molecule has 6 heteroatoms. The molecular formula is C23H23N5S. The third-order valence-electron chi connectivity index (χ3n) is 5.64. The Kier molecular flexibility index (Phi) is 4.86. The molecule has 0 aliphatic carbocycles. The van der Waals surface area contributed by atoms with Crippen LogP contribution < -0.4 is 10.6 Å². The number of nitrogen functional groups attached to an aromatic ring is 1. The maximum absolute atomic E-state index is 5.95. The standard InChI is InChI=1S/C23H23N5S/c24-19-3-1-2-18(14-19)17-7-10-28(11-8-17)23-25-9-6-20(27-23)12-16-4-5-21-22(13-16)29-15-26-21/h1-6,9,13-15,17H,7-8,10-12,24H2. The van der Waals surface area contributed by atoms with Crippen LogP contribution in [0, 0.1) is 0 Å². The maximum atomic E-state index is 5.95. The number of piperidine rings is 1. The second-order valence-electron chi connectivity index (χ2n) is 7.61. The van der Waals surface area contributed by atoms with E-state index in [4.69, 9.17) is 10.7 Å². The number of rotatable bonds is 4. The van der Waals surface area contributed by atoms with Gasteiger partial charge in [-0.25, -0.2) is 15.0 Å². The Balaban J connectivity index is 1.27. The van der Waals surface area contributed by atoms with Gasteiger partial charge in [-0.05, 0) is 60.2 Å². The lowest BCUT2D eigenvalue weighted by Crippen LogP contribution is -2.34. The Morgan fingerprint density at radius 2 is 1.93 bits per heavy atom. The summed E-state index contributed by atoms with van der Waals surface area (Å²) in [5.74, 6) is 1.40. The minimum atomic E-state index is 0.559. The molecule has 2 N–H and O–H groups in total. The van der Waals surface area contributed by atoms with E-state index in [0.29, 0.717) is 5.92 Å². The van der Waals surface area contributed by atoms with Gasteiger partial charge in [0.05, 0.1) is 21.4 Å². The highest BCUT2D eigenvalue weighted by molar-refractivity contribution is 7.16. The summed E-state index contributed by atoms with van der Waals surface area (Å²) in [6, 6.07) is 16.8. The molecule has 1 aliphatic heterocycles. The number of thiazole rings is 1. The van der Waals surface area contributed by atoms with E-state index in [-0.39, 0.29) is 0 Å². The summed E-state index contributed by atoms with van der Waals surface area (Å²) < 4.78 is 1.22. The van der Waals surface area contributed by atoms with Crippen LogP contribution in [0.25, 0.3) is 10.2 Å². The zero-order valence-electron chi connectivity index (χ0n) is 16.2. The lowest BCUT2D eigenvalue weighted by atomic mass is 9.89. The first-order valence-electron chi connectivity index (χ1n) is 9.99. The van der Waals surface area contributed by atoms with Gasteiger partial charge in [-0.3, -0.25) is 0 Å². The molecule has 146 valence electrons. The Labute approximate surface area is 174 Å². The van der Waals surface area contributed by atoms with Crippen molar-refractivity contribution in [3.05, 3.63) is 77.1 Å². The van der Waals surface area contributed by atoms with Gasteiger partial charge < -0.3 is 10.6 Å². The predicted molar refractivity (Wildman–Crippen MR) is 120 cm³/mol. The number of nitrogens with zero attached hydrogens (tertiary/aromatic N) is 4. The lowest BCUT2D eigenvalue weighted by Gasteiger charge is -2.32. The molecule has 0 radical (unpaired) electrons. The molecule has 2 aromatic heterocycles. The summed E-state index contributed by atoms with van der Waals surface area (Å²) in [4.78, 5) is 16.1. The number of hydrogen-bond acceptors (Lipinski definition) is 6. The molecule has 0 bridgehead atoms. The highest BCUT2D eigenvalue weighted by atomic mass is 32.1. The monoisotopic (exact) mass is 401 g/mol. The molecule has 0 saturated carbocycles. The molecule has 2 aromatic carbocycles. The normalized spacial score (nSPS) is 15.1. The molecule has 4 aromatic rings. The largest absolute Gasteiger partial charge is 0.399 e. The van der Waals surface area contributed by atoms with Gasteiger partial charge in [0.1, 0.15) is 0 Å². The molecule has 0 atom stereocenters. The molecule has 29 heavy (non-hydrogen) atoms. The van der Waals surface area contributed by atoms with Gasteiger partial charge in [-0.15, -0.1) is 11.3 Å². The van der Waals surface area contributed by atoms with Crippen molar-refractivity contribution in [1.82, 2.24) is 15.0 Å². The second kappa shape index (κ2) is 7.79. The quantitative estimate of drug-likeness (QED) is 0.505. The average molecular weight is 402 g/mol. The molecule has 1 fully saturated rings. The fourth-order valence-corrected chi connectivity index (χ4v) is 4.82. The minimum Gasteiger partial charge on any atom is -0.399 e. The predicted octanol–water partition coefficient (Wildman–Crippen LogP) is 4.64. The van der Waals surface area contributed by atoms with Gasteiger partial charge in [0.15, 0.2) is 0 Å². The average Bonchev–Trinajstić information content (AvgIpc) is 3.22. The fraction of sp³-hybridized carbons (Fsp3) is 0.261. The van der Waals surface area contributed by atoms with Gasteiger partial charge in [-0.2, -0.15) is 0 Å². The van der Waals surface area contributed by atoms with E-state index in [2.05, 4.69) is 45.2 Å². The summed E-state index contributed by atoms with van der Waals surface area (Å²) in [6.45, 7) is 1.94. The van der Waals surface area contributed by atoms with Crippen LogP contribution in [0.1, 0.15) is 35.6 Å². The maximum Gasteiger partial charge on any atom is 0.225 e. The summed E-state index contributed by atoms with van der Waals surface area (Å²) in [7, 11) is 0. The molecule has 5 nitrogen and oxygen atoms in total. The van der Waals surface area contributed by atoms with E-state index in [1.165, 1.54) is 15.8 Å². The van der Waals surface area contributed by atoms with Crippen molar-refractivity contribution in [2.24, 2.45) is 0 Å². The van der Waals surface area contributed by atoms with E-state index in [1.54, 1.807) is 11.3 Å². The van der Waals surface area contributed by atoms with Crippen molar-refractivity contribution in [2.75, 3.05) is 23.7 Å². The van der Waals surface area contributed by atoms with Crippen molar-refractivity contribution in [3.8, 4) is 0 Å². The Bertz CT molecular complexity index is 1130. The molecule has 0 unspecified atom stereocenters. The van der Waals surface area contributed by atoms with Crippen molar-refractivity contribution in [3.63, 3.8) is 0 Å². The SMILES string of the molecule is Nc1cccc(C2CCN(c3nccc(Cc4ccc5ncsc5c4)n3)CC2)c1. The highest BCUT2D eigenvalue weighted by Crippen LogP contribution is 2.30. The number of anilines is 2. The van der Waals surface area contributed by atoms with Gasteiger partial charge in [0.2, 0.25) is 5.95 Å². The summed E-state index contributed by atoms with van der Waals surface area (Å²) in [6.07, 6.45) is 4.88. The van der Waals surface area contributed by atoms with E-state index >= 15 is 0 Å². The van der Waals surface area contributed by atoms with Crippen LogP contribution in [0.4, 0.5) is 11.6 Å². The number of hydrogen-bond donors (Lipinski definition) is 1. The highest BCUT2D eigenvalue weighted by Gasteiger charge is 2.22. The van der Waals surface area contributed by atoms with Gasteiger partial charge in [0, 0.05) is 31.4 Å². The van der Waals surface area contributed by atoms with E-state index in [1.807, 2.05) is 29.9 Å². The van der Waals surface area contributed by atoms with Crippen molar-refractivity contribution in [2.45, 2.75) is 25.2 Å². The first-order valence-corrected chi connectivity index (χ1v) is 10.9. The van der Waals surface area contributed by atoms with Crippen LogP contribution >= 0.6 is 11.3 Å². The van der Waals surface area contributed by atoms with Gasteiger partial charge >= 0.3 is 0 Å². The Morgan fingerprint density at radius 1 is 1.03 bits per heavy atom. The smallest absolute Gasteiger partial charge is 0.225 e. The van der Waals surface area contributed by atoms with Crippen molar-refractivity contribution in [1.29, 1.82) is 0 Å². The van der Waals surface area contributed by atoms with Crippen LogP contribution in [0.5, 0.6) is 0 Å². The molecular weight excluding hydrogens is 378 g/mol. The minimum absolute atomic E-state index is 0.559. The number of aromatic nitrogens is 3. The van der Waals surface area contributed by atoms with E-state index in [9.17, 15) is 0 Å². The Morgan fingerprint density at radius 3 is 2.79 bits per heavy atom. The van der Waals surface area contributed by atoms with Crippen molar-refractivity contribution < 1.29 is 0 Å². The summed E-state index contributed by atoms with van der Waals surface area (Å²) in [5, 5.41) is 0.